The molecule has 86 valence electrons. The van der Waals surface area contributed by atoms with E-state index in [4.69, 9.17) is 0 Å². The lowest BCUT2D eigenvalue weighted by Crippen LogP contribution is -2.11. The molecule has 5 nitrogen and oxygen atoms in total. The van der Waals surface area contributed by atoms with Gasteiger partial charge in [0.2, 0.25) is 0 Å². The standard InChI is InChI=1S/C12H8O5/c1-8(9-5-3-2-4-6-9)11(13)16-17-12(14)10-7-15-10/h2-7H,1H2. The number of carbonyl (C=O) groups excluding carboxylic acids is 2. The molecule has 0 spiro atoms. The second kappa shape index (κ2) is 4.52. The summed E-state index contributed by atoms with van der Waals surface area (Å²) in [5, 5.41) is 0. The Labute approximate surface area is 96.8 Å². The predicted octanol–water partition coefficient (Wildman–Crippen LogP) is 1.57. The summed E-state index contributed by atoms with van der Waals surface area (Å²) in [6.07, 6.45) is 1.18. The molecular formula is C12H8O5. The van der Waals surface area contributed by atoms with E-state index in [1.807, 2.05) is 0 Å². The van der Waals surface area contributed by atoms with Crippen molar-refractivity contribution in [3.05, 3.63) is 54.5 Å². The number of benzene rings is 1. The maximum atomic E-state index is 11.4. The van der Waals surface area contributed by atoms with E-state index in [0.29, 0.717) is 5.56 Å². The third-order valence-electron chi connectivity index (χ3n) is 2.00. The average Bonchev–Trinajstić information content (AvgIpc) is 3.20. The van der Waals surface area contributed by atoms with Gasteiger partial charge in [-0.25, -0.2) is 19.4 Å². The van der Waals surface area contributed by atoms with Crippen LogP contribution in [-0.2, 0) is 24.1 Å². The lowest BCUT2D eigenvalue weighted by atomic mass is 10.1. The largest absolute Gasteiger partial charge is 0.450 e. The first kappa shape index (κ1) is 10.9. The third kappa shape index (κ3) is 2.72. The maximum absolute atomic E-state index is 11.4. The smallest absolute Gasteiger partial charge is 0.424 e. The number of carbonyl (C=O) groups is 2. The first-order valence-corrected chi connectivity index (χ1v) is 4.73. The quantitative estimate of drug-likeness (QED) is 0.449. The second-order valence-corrected chi connectivity index (χ2v) is 3.19. The van der Waals surface area contributed by atoms with Gasteiger partial charge in [-0.2, -0.15) is 0 Å². The summed E-state index contributed by atoms with van der Waals surface area (Å²) in [6.45, 7) is 3.55. The number of hydrogen-bond acceptors (Lipinski definition) is 5. The van der Waals surface area contributed by atoms with E-state index in [-0.39, 0.29) is 11.3 Å². The number of ether oxygens (including phenoxy) is 1. The van der Waals surface area contributed by atoms with Crippen molar-refractivity contribution >= 4 is 17.5 Å². The van der Waals surface area contributed by atoms with E-state index in [0.717, 1.165) is 0 Å². The van der Waals surface area contributed by atoms with Gasteiger partial charge in [-0.15, -0.1) is 0 Å². The fourth-order valence-corrected chi connectivity index (χ4v) is 1.05. The molecule has 0 saturated heterocycles. The van der Waals surface area contributed by atoms with Crippen molar-refractivity contribution in [1.82, 2.24) is 0 Å². The summed E-state index contributed by atoms with van der Waals surface area (Å²) in [5.41, 5.74) is 0.694. The van der Waals surface area contributed by atoms with Crippen molar-refractivity contribution in [2.75, 3.05) is 0 Å². The van der Waals surface area contributed by atoms with Crippen molar-refractivity contribution in [2.24, 2.45) is 0 Å². The topological polar surface area (TPSA) is 65.1 Å². The summed E-state index contributed by atoms with van der Waals surface area (Å²) < 4.78 is 4.45. The van der Waals surface area contributed by atoms with Crippen LogP contribution in [0.5, 0.6) is 0 Å². The zero-order valence-corrected chi connectivity index (χ0v) is 8.71. The zero-order chi connectivity index (χ0) is 12.3. The van der Waals surface area contributed by atoms with Gasteiger partial charge in [0.25, 0.3) is 5.76 Å². The van der Waals surface area contributed by atoms with E-state index in [1.54, 1.807) is 30.3 Å². The Balaban J connectivity index is 1.89. The molecule has 0 fully saturated rings. The maximum Gasteiger partial charge on any atom is 0.424 e. The third-order valence-corrected chi connectivity index (χ3v) is 2.00. The van der Waals surface area contributed by atoms with Gasteiger partial charge in [-0.05, 0) is 5.56 Å². The monoisotopic (exact) mass is 232 g/mol. The van der Waals surface area contributed by atoms with E-state index in [9.17, 15) is 9.59 Å². The van der Waals surface area contributed by atoms with Crippen molar-refractivity contribution < 1.29 is 24.1 Å². The molecule has 1 aromatic rings. The van der Waals surface area contributed by atoms with Crippen molar-refractivity contribution in [3.63, 3.8) is 0 Å². The lowest BCUT2D eigenvalue weighted by molar-refractivity contribution is -0.251. The van der Waals surface area contributed by atoms with Gasteiger partial charge in [-0.3, -0.25) is 0 Å². The molecule has 5 heteroatoms. The summed E-state index contributed by atoms with van der Waals surface area (Å²) in [4.78, 5) is 30.9. The highest BCUT2D eigenvalue weighted by Crippen LogP contribution is 2.17. The van der Waals surface area contributed by atoms with Crippen LogP contribution < -0.4 is 0 Å². The molecule has 17 heavy (non-hydrogen) atoms. The minimum absolute atomic E-state index is 0.0168. The number of rotatable bonds is 3. The normalized spacial score (nSPS) is 11.9. The molecule has 0 amide bonds. The van der Waals surface area contributed by atoms with Gasteiger partial charge in [0.1, 0.15) is 6.26 Å². The zero-order valence-electron chi connectivity index (χ0n) is 8.71. The van der Waals surface area contributed by atoms with Crippen molar-refractivity contribution in [3.8, 4) is 0 Å². The minimum atomic E-state index is -0.848. The highest BCUT2D eigenvalue weighted by atomic mass is 17.2. The predicted molar refractivity (Wildman–Crippen MR) is 56.8 cm³/mol. The Morgan fingerprint density at radius 3 is 2.35 bits per heavy atom. The van der Waals surface area contributed by atoms with Crippen LogP contribution in [0, 0.1) is 0 Å². The average molecular weight is 232 g/mol. The summed E-state index contributed by atoms with van der Waals surface area (Å²) in [5.74, 6) is -1.66. The van der Waals surface area contributed by atoms with Crippen LogP contribution in [0.15, 0.2) is 48.9 Å². The fraction of sp³-hybridized carbons (Fsp3) is 0. The molecule has 0 aliphatic carbocycles. The number of hydrogen-bond donors (Lipinski definition) is 0. The Morgan fingerprint density at radius 1 is 1.12 bits per heavy atom. The van der Waals surface area contributed by atoms with Crippen LogP contribution in [0.2, 0.25) is 0 Å². The molecule has 1 aliphatic heterocycles. The van der Waals surface area contributed by atoms with E-state index in [2.05, 4.69) is 21.1 Å². The highest BCUT2D eigenvalue weighted by molar-refractivity contribution is 6.15. The molecule has 0 atom stereocenters. The van der Waals surface area contributed by atoms with Gasteiger partial charge < -0.3 is 4.74 Å². The SMILES string of the molecule is C=C(C(=O)OOC(=O)C1=CO1)c1ccccc1. The summed E-state index contributed by atoms with van der Waals surface area (Å²) in [6, 6.07) is 8.69. The molecule has 0 N–H and O–H groups in total. The van der Waals surface area contributed by atoms with Crippen molar-refractivity contribution in [1.29, 1.82) is 0 Å². The Kier molecular flexibility index (Phi) is 2.91. The van der Waals surface area contributed by atoms with Gasteiger partial charge in [0.05, 0.1) is 5.57 Å². The Hall–Kier alpha value is -2.56. The van der Waals surface area contributed by atoms with Gasteiger partial charge in [-0.1, -0.05) is 36.9 Å². The molecular weight excluding hydrogens is 224 g/mol. The first-order chi connectivity index (χ1) is 8.18. The van der Waals surface area contributed by atoms with Crippen molar-refractivity contribution in [2.45, 2.75) is 0 Å². The summed E-state index contributed by atoms with van der Waals surface area (Å²) >= 11 is 0. The molecule has 1 aliphatic rings. The van der Waals surface area contributed by atoms with E-state index >= 15 is 0 Å². The van der Waals surface area contributed by atoms with Crippen LogP contribution in [0.4, 0.5) is 0 Å². The van der Waals surface area contributed by atoms with Crippen LogP contribution in [0.1, 0.15) is 5.56 Å². The molecule has 1 aromatic carbocycles. The molecule has 1 heterocycles. The van der Waals surface area contributed by atoms with E-state index in [1.165, 1.54) is 6.26 Å². The Morgan fingerprint density at radius 2 is 1.76 bits per heavy atom. The lowest BCUT2D eigenvalue weighted by Gasteiger charge is -2.03. The van der Waals surface area contributed by atoms with E-state index < -0.39 is 11.9 Å². The highest BCUT2D eigenvalue weighted by Gasteiger charge is 2.25. The van der Waals surface area contributed by atoms with Crippen LogP contribution in [0.3, 0.4) is 0 Å². The molecule has 0 unspecified atom stereocenters. The fourth-order valence-electron chi connectivity index (χ4n) is 1.05. The van der Waals surface area contributed by atoms with Gasteiger partial charge in [0.15, 0.2) is 0 Å². The molecule has 0 saturated carbocycles. The van der Waals surface area contributed by atoms with Crippen LogP contribution in [-0.4, -0.2) is 11.9 Å². The molecule has 2 rings (SSSR count). The van der Waals surface area contributed by atoms with Gasteiger partial charge in [0, 0.05) is 0 Å². The van der Waals surface area contributed by atoms with Crippen LogP contribution in [0.25, 0.3) is 5.57 Å². The van der Waals surface area contributed by atoms with Crippen LogP contribution >= 0.6 is 0 Å². The van der Waals surface area contributed by atoms with Gasteiger partial charge >= 0.3 is 11.9 Å². The second-order valence-electron chi connectivity index (χ2n) is 3.19. The molecule has 0 bridgehead atoms. The first-order valence-electron chi connectivity index (χ1n) is 4.73. The summed E-state index contributed by atoms with van der Waals surface area (Å²) in [7, 11) is 0. The minimum Gasteiger partial charge on any atom is -0.450 e. The molecule has 0 radical (unpaired) electrons. The molecule has 0 aromatic heterocycles. The Bertz CT molecular complexity index is 501.